The first-order valence-electron chi connectivity index (χ1n) is 9.45. The predicted octanol–water partition coefficient (Wildman–Crippen LogP) is 2.02. The van der Waals surface area contributed by atoms with Gasteiger partial charge in [0.25, 0.3) is 5.56 Å². The fourth-order valence-electron chi connectivity index (χ4n) is 2.73. The van der Waals surface area contributed by atoms with Crippen molar-refractivity contribution < 1.29 is 9.53 Å². The number of pyridine rings is 1. The number of carbonyl (C=O) groups is 1. The molecule has 0 saturated carbocycles. The van der Waals surface area contributed by atoms with Gasteiger partial charge in [0.15, 0.2) is 0 Å². The van der Waals surface area contributed by atoms with Crippen LogP contribution in [0.5, 0.6) is 5.88 Å². The summed E-state index contributed by atoms with van der Waals surface area (Å²) in [5.74, 6) is 0.0294. The van der Waals surface area contributed by atoms with Gasteiger partial charge in [-0.05, 0) is 35.7 Å². The second-order valence-electron chi connectivity index (χ2n) is 6.38. The highest BCUT2D eigenvalue weighted by molar-refractivity contribution is 7.13. The summed E-state index contributed by atoms with van der Waals surface area (Å²) in [6.07, 6.45) is 3.28. The van der Waals surface area contributed by atoms with Crippen molar-refractivity contribution in [3.63, 3.8) is 0 Å². The lowest BCUT2D eigenvalue weighted by Crippen LogP contribution is -2.35. The Labute approximate surface area is 181 Å². The minimum Gasteiger partial charge on any atom is -0.475 e. The zero-order valence-corrected chi connectivity index (χ0v) is 17.2. The molecule has 0 spiro atoms. The van der Waals surface area contributed by atoms with Crippen LogP contribution in [0.1, 0.15) is 0 Å². The molecule has 4 rings (SSSR count). The van der Waals surface area contributed by atoms with E-state index in [0.717, 1.165) is 20.8 Å². The predicted molar refractivity (Wildman–Crippen MR) is 116 cm³/mol. The van der Waals surface area contributed by atoms with Crippen LogP contribution < -0.4 is 15.6 Å². The summed E-state index contributed by atoms with van der Waals surface area (Å²) in [4.78, 5) is 29.2. The number of nitrogens with one attached hydrogen (secondary N) is 1. The van der Waals surface area contributed by atoms with Crippen LogP contribution in [0.2, 0.25) is 0 Å². The first kappa shape index (κ1) is 20.4. The largest absolute Gasteiger partial charge is 0.475 e. The molecule has 1 amide bonds. The maximum atomic E-state index is 12.2. The third kappa shape index (κ3) is 5.37. The van der Waals surface area contributed by atoms with Crippen LogP contribution in [0.25, 0.3) is 21.8 Å². The molecule has 0 aromatic carbocycles. The van der Waals surface area contributed by atoms with Crippen molar-refractivity contribution in [2.24, 2.45) is 0 Å². The molecule has 0 aliphatic rings. The van der Waals surface area contributed by atoms with Crippen molar-refractivity contribution in [1.29, 1.82) is 0 Å². The zero-order valence-electron chi connectivity index (χ0n) is 16.3. The van der Waals surface area contributed by atoms with Gasteiger partial charge in [-0.15, -0.1) is 21.5 Å². The van der Waals surface area contributed by atoms with Crippen molar-refractivity contribution in [2.45, 2.75) is 6.54 Å². The van der Waals surface area contributed by atoms with Crippen molar-refractivity contribution in [3.05, 3.63) is 76.7 Å². The van der Waals surface area contributed by atoms with E-state index in [1.54, 1.807) is 48.0 Å². The molecule has 31 heavy (non-hydrogen) atoms. The lowest BCUT2D eigenvalue weighted by molar-refractivity contribution is -0.122. The number of ether oxygens (including phenoxy) is 1. The molecule has 1 N–H and O–H groups in total. The van der Waals surface area contributed by atoms with Crippen LogP contribution in [-0.2, 0) is 11.3 Å². The van der Waals surface area contributed by atoms with Crippen molar-refractivity contribution >= 4 is 17.2 Å². The van der Waals surface area contributed by atoms with E-state index in [2.05, 4.69) is 25.6 Å². The third-order valence-electron chi connectivity index (χ3n) is 4.22. The maximum Gasteiger partial charge on any atom is 0.267 e. The molecule has 9 nitrogen and oxygen atoms in total. The summed E-state index contributed by atoms with van der Waals surface area (Å²) in [6.45, 7) is 0.289. The van der Waals surface area contributed by atoms with E-state index in [0.29, 0.717) is 11.6 Å². The maximum absolute atomic E-state index is 12.2. The Morgan fingerprint density at radius 2 is 1.87 bits per heavy atom. The van der Waals surface area contributed by atoms with E-state index >= 15 is 0 Å². The van der Waals surface area contributed by atoms with E-state index < -0.39 is 0 Å². The summed E-state index contributed by atoms with van der Waals surface area (Å²) in [6, 6.07) is 14.1. The Hall–Kier alpha value is -3.92. The van der Waals surface area contributed by atoms with E-state index in [1.807, 2.05) is 23.6 Å². The number of nitrogens with zero attached hydrogens (tertiary/aromatic N) is 5. The van der Waals surface area contributed by atoms with E-state index in [9.17, 15) is 9.59 Å². The molecule has 0 aliphatic carbocycles. The Morgan fingerprint density at radius 1 is 1.03 bits per heavy atom. The van der Waals surface area contributed by atoms with Crippen LogP contribution in [0.4, 0.5) is 0 Å². The topological polar surface area (TPSA) is 112 Å². The second-order valence-corrected chi connectivity index (χ2v) is 7.33. The van der Waals surface area contributed by atoms with Gasteiger partial charge >= 0.3 is 0 Å². The number of thiophene rings is 1. The molecule has 156 valence electrons. The average Bonchev–Trinajstić information content (AvgIpc) is 3.34. The fraction of sp³-hybridized carbons (Fsp3) is 0.143. The van der Waals surface area contributed by atoms with Crippen molar-refractivity contribution in [3.8, 4) is 27.7 Å². The molecule has 4 heterocycles. The highest BCUT2D eigenvalue weighted by Gasteiger charge is 2.08. The van der Waals surface area contributed by atoms with Gasteiger partial charge in [0, 0.05) is 30.1 Å². The van der Waals surface area contributed by atoms with Crippen LogP contribution in [0.3, 0.4) is 0 Å². The van der Waals surface area contributed by atoms with Gasteiger partial charge in [-0.1, -0.05) is 6.07 Å². The number of hydrogen-bond acceptors (Lipinski definition) is 8. The zero-order chi connectivity index (χ0) is 21.5. The molecule has 0 radical (unpaired) electrons. The Morgan fingerprint density at radius 3 is 2.61 bits per heavy atom. The normalized spacial score (nSPS) is 10.6. The van der Waals surface area contributed by atoms with E-state index in [4.69, 9.17) is 4.74 Å². The molecule has 10 heteroatoms. The van der Waals surface area contributed by atoms with Gasteiger partial charge < -0.3 is 10.1 Å². The Bertz CT molecular complexity index is 1190. The van der Waals surface area contributed by atoms with Crippen LogP contribution in [0.15, 0.2) is 71.1 Å². The van der Waals surface area contributed by atoms with Gasteiger partial charge in [-0.2, -0.15) is 5.10 Å². The molecule has 0 aliphatic heterocycles. The molecule has 4 aromatic rings. The first-order chi connectivity index (χ1) is 15.2. The summed E-state index contributed by atoms with van der Waals surface area (Å²) < 4.78 is 6.63. The highest BCUT2D eigenvalue weighted by Crippen LogP contribution is 2.22. The fourth-order valence-corrected chi connectivity index (χ4v) is 3.42. The van der Waals surface area contributed by atoms with E-state index in [-0.39, 0.29) is 31.2 Å². The van der Waals surface area contributed by atoms with Crippen molar-refractivity contribution in [1.82, 2.24) is 30.3 Å². The molecular weight excluding hydrogens is 416 g/mol. The summed E-state index contributed by atoms with van der Waals surface area (Å²) in [5.41, 5.74) is 1.82. The minimum absolute atomic E-state index is 0.187. The van der Waals surface area contributed by atoms with Crippen LogP contribution in [-0.4, -0.2) is 44.0 Å². The van der Waals surface area contributed by atoms with Gasteiger partial charge in [-0.3, -0.25) is 14.6 Å². The number of hydrogen-bond donors (Lipinski definition) is 1. The molecule has 4 aromatic heterocycles. The number of rotatable bonds is 8. The van der Waals surface area contributed by atoms with Gasteiger partial charge in [0.05, 0.1) is 17.1 Å². The van der Waals surface area contributed by atoms with Crippen LogP contribution >= 0.6 is 11.3 Å². The second kappa shape index (κ2) is 9.72. The van der Waals surface area contributed by atoms with E-state index in [1.165, 1.54) is 6.07 Å². The molecule has 0 unspecified atom stereocenters. The smallest absolute Gasteiger partial charge is 0.267 e. The minimum atomic E-state index is -0.356. The van der Waals surface area contributed by atoms with Crippen LogP contribution in [0, 0.1) is 0 Å². The lowest BCUT2D eigenvalue weighted by atomic mass is 10.2. The Kier molecular flexibility index (Phi) is 6.38. The number of aromatic nitrogens is 5. The quantitative estimate of drug-likeness (QED) is 0.422. The molecule has 0 fully saturated rings. The summed E-state index contributed by atoms with van der Waals surface area (Å²) in [5, 5.41) is 17.1. The van der Waals surface area contributed by atoms with Gasteiger partial charge in [0.1, 0.15) is 18.8 Å². The summed E-state index contributed by atoms with van der Waals surface area (Å²) >= 11 is 1.58. The lowest BCUT2D eigenvalue weighted by Gasteiger charge is -2.09. The molecular formula is C21H18N6O3S. The average molecular weight is 434 g/mol. The van der Waals surface area contributed by atoms with Gasteiger partial charge in [-0.25, -0.2) is 4.68 Å². The first-order valence-corrected chi connectivity index (χ1v) is 10.3. The third-order valence-corrected chi connectivity index (χ3v) is 5.12. The monoisotopic (exact) mass is 434 g/mol. The molecule has 0 bridgehead atoms. The SMILES string of the molecule is O=C(Cn1nc(-c2ccncc2)ccc1=O)NCCOc1ccc(-c2cccs2)nn1. The Balaban J connectivity index is 1.26. The molecule has 0 saturated heterocycles. The highest BCUT2D eigenvalue weighted by atomic mass is 32.1. The number of amides is 1. The van der Waals surface area contributed by atoms with Gasteiger partial charge in [0.2, 0.25) is 11.8 Å². The standard InChI is InChI=1S/C21H18N6O3S/c28-19(14-27-21(29)6-4-16(26-27)15-7-9-22-10-8-15)23-11-12-30-20-5-3-17(24-25-20)18-2-1-13-31-18/h1-10,13H,11-12,14H2,(H,23,28). The molecule has 0 atom stereocenters. The number of carbonyl (C=O) groups excluding carboxylic acids is 1. The summed E-state index contributed by atoms with van der Waals surface area (Å²) in [7, 11) is 0. The van der Waals surface area contributed by atoms with Crippen molar-refractivity contribution in [2.75, 3.05) is 13.2 Å².